The highest BCUT2D eigenvalue weighted by atomic mass is 32.1. The highest BCUT2D eigenvalue weighted by Gasteiger charge is 2.47. The average Bonchev–Trinajstić information content (AvgIpc) is 2.97. The summed E-state index contributed by atoms with van der Waals surface area (Å²) in [7, 11) is 0. The lowest BCUT2D eigenvalue weighted by Crippen LogP contribution is -2.43. The van der Waals surface area contributed by atoms with Gasteiger partial charge in [-0.15, -0.1) is 0 Å². The lowest BCUT2D eigenvalue weighted by molar-refractivity contribution is -0.134. The molecule has 4 rings (SSSR count). The van der Waals surface area contributed by atoms with Crippen molar-refractivity contribution in [1.82, 2.24) is 15.2 Å². The molecule has 2 fully saturated rings. The zero-order valence-corrected chi connectivity index (χ0v) is 20.8. The van der Waals surface area contributed by atoms with Gasteiger partial charge in [0.05, 0.1) is 5.69 Å². The summed E-state index contributed by atoms with van der Waals surface area (Å²) < 4.78 is 37.1. The van der Waals surface area contributed by atoms with Gasteiger partial charge in [-0.25, -0.2) is 18.6 Å². The second-order valence-electron chi connectivity index (χ2n) is 10.8. The van der Waals surface area contributed by atoms with Crippen LogP contribution >= 0.6 is 11.3 Å². The van der Waals surface area contributed by atoms with E-state index < -0.39 is 11.5 Å². The molecule has 33 heavy (non-hydrogen) atoms. The quantitative estimate of drug-likeness (QED) is 0.601. The standard InChI is InChI=1S/C24H37F2N3O3S/c1-23(2,3)32-21(30)27-17-6-4-16(5-7-17)8-11-29-12-9-19-20(10-13-29)33-22(28-19)31-18-14-24(25,26)15-18/h16-18H,4-15H2,1-3H3,(H,27,30). The summed E-state index contributed by atoms with van der Waals surface area (Å²) in [5.74, 6) is -1.86. The molecule has 1 N–H and O–H groups in total. The number of alkyl carbamates (subject to hydrolysis) is 1. The maximum Gasteiger partial charge on any atom is 0.407 e. The molecular formula is C24H37F2N3O3S. The van der Waals surface area contributed by atoms with Crippen molar-refractivity contribution in [3.63, 3.8) is 0 Å². The summed E-state index contributed by atoms with van der Waals surface area (Å²) in [4.78, 5) is 20.3. The van der Waals surface area contributed by atoms with E-state index >= 15 is 0 Å². The minimum atomic E-state index is -2.56. The van der Waals surface area contributed by atoms with Crippen molar-refractivity contribution in [3.8, 4) is 5.19 Å². The summed E-state index contributed by atoms with van der Waals surface area (Å²) in [6.07, 6.45) is 6.26. The van der Waals surface area contributed by atoms with Gasteiger partial charge in [0, 0.05) is 43.3 Å². The van der Waals surface area contributed by atoms with Crippen LogP contribution in [0.15, 0.2) is 0 Å². The Bertz CT molecular complexity index is 785. The van der Waals surface area contributed by atoms with E-state index in [2.05, 4.69) is 15.2 Å². The molecule has 0 saturated heterocycles. The number of aromatic nitrogens is 1. The van der Waals surface area contributed by atoms with Crippen molar-refractivity contribution in [3.05, 3.63) is 10.6 Å². The summed E-state index contributed by atoms with van der Waals surface area (Å²) in [6, 6.07) is 0.221. The second-order valence-corrected chi connectivity index (χ2v) is 11.9. The van der Waals surface area contributed by atoms with Crippen molar-refractivity contribution < 1.29 is 23.0 Å². The largest absolute Gasteiger partial charge is 0.466 e. The molecule has 2 saturated carbocycles. The van der Waals surface area contributed by atoms with E-state index in [1.54, 1.807) is 0 Å². The lowest BCUT2D eigenvalue weighted by Gasteiger charge is -2.33. The number of ether oxygens (including phenoxy) is 2. The minimum absolute atomic E-state index is 0.190. The predicted molar refractivity (Wildman–Crippen MR) is 124 cm³/mol. The Kier molecular flexibility index (Phi) is 7.48. The van der Waals surface area contributed by atoms with Crippen molar-refractivity contribution in [1.29, 1.82) is 0 Å². The Morgan fingerprint density at radius 2 is 1.88 bits per heavy atom. The van der Waals surface area contributed by atoms with Crippen LogP contribution in [0, 0.1) is 5.92 Å². The number of nitrogens with zero attached hydrogens (tertiary/aromatic N) is 2. The van der Waals surface area contributed by atoms with Crippen molar-refractivity contribution in [2.75, 3.05) is 19.6 Å². The van der Waals surface area contributed by atoms with E-state index in [0.29, 0.717) is 11.1 Å². The van der Waals surface area contributed by atoms with E-state index in [4.69, 9.17) is 9.47 Å². The van der Waals surface area contributed by atoms with Gasteiger partial charge in [0.2, 0.25) is 0 Å². The minimum Gasteiger partial charge on any atom is -0.466 e. The Morgan fingerprint density at radius 3 is 2.55 bits per heavy atom. The predicted octanol–water partition coefficient (Wildman–Crippen LogP) is 5.19. The first-order valence-electron chi connectivity index (χ1n) is 12.3. The molecule has 2 heterocycles. The second kappa shape index (κ2) is 10.0. The van der Waals surface area contributed by atoms with Crippen LogP contribution in [0.2, 0.25) is 0 Å². The molecule has 1 aliphatic heterocycles. The van der Waals surface area contributed by atoms with Gasteiger partial charge in [0.25, 0.3) is 11.1 Å². The number of carbonyl (C=O) groups excluding carboxylic acids is 1. The van der Waals surface area contributed by atoms with Gasteiger partial charge in [-0.3, -0.25) is 0 Å². The number of thiazole rings is 1. The van der Waals surface area contributed by atoms with Crippen LogP contribution in [0.4, 0.5) is 13.6 Å². The molecule has 1 aromatic heterocycles. The number of carbonyl (C=O) groups is 1. The topological polar surface area (TPSA) is 63.7 Å². The first-order chi connectivity index (χ1) is 15.5. The fourth-order valence-corrected chi connectivity index (χ4v) is 5.94. The number of nitrogens with one attached hydrogen (secondary N) is 1. The van der Waals surface area contributed by atoms with E-state index in [1.165, 1.54) is 22.6 Å². The number of rotatable bonds is 6. The molecule has 2 aliphatic carbocycles. The fourth-order valence-electron chi connectivity index (χ4n) is 4.93. The molecule has 0 atom stereocenters. The monoisotopic (exact) mass is 485 g/mol. The van der Waals surface area contributed by atoms with Gasteiger partial charge >= 0.3 is 6.09 Å². The van der Waals surface area contributed by atoms with Crippen molar-refractivity contribution in [2.45, 2.75) is 102 Å². The summed E-state index contributed by atoms with van der Waals surface area (Å²) >= 11 is 1.53. The lowest BCUT2D eigenvalue weighted by atomic mass is 9.84. The molecule has 0 unspecified atom stereocenters. The first kappa shape index (κ1) is 24.6. The Hall–Kier alpha value is -1.48. The van der Waals surface area contributed by atoms with E-state index in [9.17, 15) is 13.6 Å². The van der Waals surface area contributed by atoms with Crippen LogP contribution in [-0.4, -0.2) is 59.3 Å². The van der Waals surface area contributed by atoms with Gasteiger partial charge in [-0.05, 0) is 71.8 Å². The normalized spacial score (nSPS) is 26.1. The van der Waals surface area contributed by atoms with Crippen LogP contribution in [0.1, 0.15) is 76.3 Å². The number of hydrogen-bond donors (Lipinski definition) is 1. The third-order valence-corrected chi connectivity index (χ3v) is 7.87. The number of hydrogen-bond acceptors (Lipinski definition) is 6. The molecule has 1 amide bonds. The summed E-state index contributed by atoms with van der Waals surface area (Å²) in [6.45, 7) is 8.72. The molecule has 3 aliphatic rings. The molecule has 1 aromatic rings. The molecule has 0 bridgehead atoms. The molecule has 0 aromatic carbocycles. The van der Waals surface area contributed by atoms with Crippen LogP contribution in [0.25, 0.3) is 0 Å². The number of fused-ring (bicyclic) bond motifs is 1. The summed E-state index contributed by atoms with van der Waals surface area (Å²) in [5.41, 5.74) is 0.619. The molecule has 0 spiro atoms. The maximum absolute atomic E-state index is 13.0. The zero-order valence-electron chi connectivity index (χ0n) is 20.0. The summed E-state index contributed by atoms with van der Waals surface area (Å²) in [5, 5.41) is 3.58. The highest BCUT2D eigenvalue weighted by molar-refractivity contribution is 7.13. The number of amides is 1. The van der Waals surface area contributed by atoms with E-state index in [1.807, 2.05) is 20.8 Å². The van der Waals surface area contributed by atoms with Gasteiger partial charge in [0.15, 0.2) is 0 Å². The Balaban J connectivity index is 1.14. The van der Waals surface area contributed by atoms with Crippen LogP contribution in [0.3, 0.4) is 0 Å². The fraction of sp³-hybridized carbons (Fsp3) is 0.833. The Labute approximate surface area is 199 Å². The Morgan fingerprint density at radius 1 is 1.18 bits per heavy atom. The molecular weight excluding hydrogens is 448 g/mol. The van der Waals surface area contributed by atoms with Gasteiger partial charge < -0.3 is 19.7 Å². The van der Waals surface area contributed by atoms with E-state index in [-0.39, 0.29) is 31.1 Å². The first-order valence-corrected chi connectivity index (χ1v) is 13.1. The third-order valence-electron chi connectivity index (χ3n) is 6.82. The van der Waals surface area contributed by atoms with Crippen LogP contribution in [0.5, 0.6) is 5.19 Å². The number of halogens is 2. The van der Waals surface area contributed by atoms with Crippen molar-refractivity contribution in [2.24, 2.45) is 5.92 Å². The van der Waals surface area contributed by atoms with Crippen LogP contribution in [-0.2, 0) is 17.6 Å². The SMILES string of the molecule is CC(C)(C)OC(=O)NC1CCC(CCN2CCc3nc(OC4CC(F)(F)C4)sc3CC2)CC1. The van der Waals surface area contributed by atoms with Gasteiger partial charge in [0.1, 0.15) is 11.7 Å². The smallest absolute Gasteiger partial charge is 0.407 e. The van der Waals surface area contributed by atoms with Gasteiger partial charge in [-0.2, -0.15) is 0 Å². The molecule has 6 nitrogen and oxygen atoms in total. The highest BCUT2D eigenvalue weighted by Crippen LogP contribution is 2.41. The molecule has 186 valence electrons. The number of alkyl halides is 2. The van der Waals surface area contributed by atoms with E-state index in [0.717, 1.165) is 63.9 Å². The third kappa shape index (κ3) is 7.25. The zero-order chi connectivity index (χ0) is 23.6. The molecule has 9 heteroatoms. The van der Waals surface area contributed by atoms with Crippen molar-refractivity contribution >= 4 is 17.4 Å². The average molecular weight is 486 g/mol. The molecule has 0 radical (unpaired) electrons. The maximum atomic E-state index is 13.0. The van der Waals surface area contributed by atoms with Gasteiger partial charge in [-0.1, -0.05) is 11.3 Å². The van der Waals surface area contributed by atoms with Crippen LogP contribution < -0.4 is 10.1 Å².